The fourth-order valence-corrected chi connectivity index (χ4v) is 4.08. The van der Waals surface area contributed by atoms with Gasteiger partial charge in [-0.05, 0) is 36.4 Å². The van der Waals surface area contributed by atoms with E-state index in [0.717, 1.165) is 18.2 Å². The summed E-state index contributed by atoms with van der Waals surface area (Å²) in [5, 5.41) is 1.86. The van der Waals surface area contributed by atoms with Crippen LogP contribution in [0.15, 0.2) is 53.7 Å². The lowest BCUT2D eigenvalue weighted by Gasteiger charge is -2.10. The third-order valence-electron chi connectivity index (χ3n) is 4.39. The highest BCUT2D eigenvalue weighted by atomic mass is 35.5. The van der Waals surface area contributed by atoms with Crippen LogP contribution in [-0.2, 0) is 29.3 Å². The van der Waals surface area contributed by atoms with Crippen LogP contribution in [0.1, 0.15) is 27.3 Å². The molecule has 180 valence electrons. The van der Waals surface area contributed by atoms with Crippen molar-refractivity contribution in [2.45, 2.75) is 24.2 Å². The third kappa shape index (κ3) is 6.41. The van der Waals surface area contributed by atoms with Crippen LogP contribution in [0.3, 0.4) is 0 Å². The van der Waals surface area contributed by atoms with Gasteiger partial charge in [-0.3, -0.25) is 14.8 Å². The summed E-state index contributed by atoms with van der Waals surface area (Å²) in [6, 6.07) is 6.45. The molecular weight excluding hydrogens is 523 g/mol. The number of hydrogen-bond acceptors (Lipinski definition) is 5. The Balaban J connectivity index is 1.59. The average Bonchev–Trinajstić information content (AvgIpc) is 2.78. The van der Waals surface area contributed by atoms with Crippen LogP contribution in [0.5, 0.6) is 0 Å². The number of alkyl halides is 3. The molecule has 3 aromatic rings. The molecule has 0 bridgehead atoms. The van der Waals surface area contributed by atoms with Gasteiger partial charge in [0.2, 0.25) is 10.0 Å². The topological polar surface area (TPSA) is 101 Å². The van der Waals surface area contributed by atoms with Gasteiger partial charge in [0.25, 0.3) is 5.91 Å². The van der Waals surface area contributed by atoms with E-state index < -0.39 is 33.5 Å². The van der Waals surface area contributed by atoms with Gasteiger partial charge in [-0.25, -0.2) is 17.5 Å². The van der Waals surface area contributed by atoms with Gasteiger partial charge in [0.05, 0.1) is 50.5 Å². The molecule has 0 aliphatic rings. The van der Waals surface area contributed by atoms with Gasteiger partial charge < -0.3 is 5.32 Å². The third-order valence-corrected chi connectivity index (χ3v) is 6.41. The van der Waals surface area contributed by atoms with Gasteiger partial charge in [0.15, 0.2) is 0 Å². The number of nitrogens with zero attached hydrogens (tertiary/aromatic N) is 2. The van der Waals surface area contributed by atoms with Crippen LogP contribution >= 0.6 is 23.2 Å². The zero-order valence-corrected chi connectivity index (χ0v) is 19.2. The number of halogens is 6. The van der Waals surface area contributed by atoms with Crippen molar-refractivity contribution in [3.63, 3.8) is 0 Å². The van der Waals surface area contributed by atoms with Gasteiger partial charge in [-0.1, -0.05) is 23.2 Å². The van der Waals surface area contributed by atoms with Crippen LogP contribution in [0.4, 0.5) is 17.6 Å². The molecule has 14 heteroatoms. The average molecular weight is 537 g/mol. The van der Waals surface area contributed by atoms with Crippen molar-refractivity contribution in [2.24, 2.45) is 0 Å². The second kappa shape index (κ2) is 10.2. The van der Waals surface area contributed by atoms with E-state index in [9.17, 15) is 30.8 Å². The van der Waals surface area contributed by atoms with Crippen molar-refractivity contribution >= 4 is 39.1 Å². The van der Waals surface area contributed by atoms with Crippen LogP contribution in [0.25, 0.3) is 0 Å². The number of carbonyl (C=O) groups is 1. The number of rotatable bonds is 7. The predicted octanol–water partition coefficient (Wildman–Crippen LogP) is 4.35. The fourth-order valence-electron chi connectivity index (χ4n) is 2.58. The molecule has 2 N–H and O–H groups in total. The molecule has 7 nitrogen and oxygen atoms in total. The number of benzene rings is 1. The zero-order chi connectivity index (χ0) is 25.1. The first kappa shape index (κ1) is 25.8. The molecule has 34 heavy (non-hydrogen) atoms. The summed E-state index contributed by atoms with van der Waals surface area (Å²) in [5.74, 6) is -1.36. The maximum Gasteiger partial charge on any atom is 0.417 e. The molecule has 1 amide bonds. The summed E-state index contributed by atoms with van der Waals surface area (Å²) in [5.41, 5.74) is -0.575. The zero-order valence-electron chi connectivity index (χ0n) is 16.8. The first-order valence-corrected chi connectivity index (χ1v) is 11.5. The molecule has 0 aliphatic heterocycles. The van der Waals surface area contributed by atoms with Gasteiger partial charge in [-0.2, -0.15) is 13.2 Å². The lowest BCUT2D eigenvalue weighted by Crippen LogP contribution is -2.25. The highest BCUT2D eigenvalue weighted by Crippen LogP contribution is 2.31. The highest BCUT2D eigenvalue weighted by Gasteiger charge is 2.31. The van der Waals surface area contributed by atoms with E-state index in [4.69, 9.17) is 23.2 Å². The number of aromatic nitrogens is 2. The van der Waals surface area contributed by atoms with Crippen LogP contribution < -0.4 is 10.0 Å². The first-order chi connectivity index (χ1) is 15.9. The van der Waals surface area contributed by atoms with E-state index in [1.165, 1.54) is 18.3 Å². The largest absolute Gasteiger partial charge is 0.417 e. The Kier molecular flexibility index (Phi) is 7.76. The molecular formula is C20H14Cl2F4N4O3S. The normalized spacial score (nSPS) is 11.9. The molecule has 2 heterocycles. The van der Waals surface area contributed by atoms with Crippen LogP contribution in [0, 0.1) is 5.82 Å². The van der Waals surface area contributed by atoms with E-state index in [0.29, 0.717) is 12.3 Å². The number of nitrogens with one attached hydrogen (secondary N) is 2. The van der Waals surface area contributed by atoms with Crippen molar-refractivity contribution in [1.29, 1.82) is 0 Å². The second-order valence-corrected chi connectivity index (χ2v) is 9.35. The number of amides is 1. The summed E-state index contributed by atoms with van der Waals surface area (Å²) in [6.07, 6.45) is -2.79. The minimum absolute atomic E-state index is 0.0444. The van der Waals surface area contributed by atoms with E-state index in [2.05, 4.69) is 20.0 Å². The molecule has 0 atom stereocenters. The summed E-state index contributed by atoms with van der Waals surface area (Å²) in [6.45, 7) is -0.443. The molecule has 0 saturated carbocycles. The molecule has 2 aromatic heterocycles. The minimum Gasteiger partial charge on any atom is -0.346 e. The van der Waals surface area contributed by atoms with Gasteiger partial charge in [0.1, 0.15) is 5.82 Å². The van der Waals surface area contributed by atoms with Crippen molar-refractivity contribution in [1.82, 2.24) is 20.0 Å². The smallest absolute Gasteiger partial charge is 0.346 e. The molecule has 0 radical (unpaired) electrons. The minimum atomic E-state index is -4.59. The monoisotopic (exact) mass is 536 g/mol. The Bertz CT molecular complexity index is 1320. The predicted molar refractivity (Wildman–Crippen MR) is 115 cm³/mol. The summed E-state index contributed by atoms with van der Waals surface area (Å²) >= 11 is 11.4. The first-order valence-electron chi connectivity index (χ1n) is 9.26. The van der Waals surface area contributed by atoms with Crippen LogP contribution in [0.2, 0.25) is 10.0 Å². The quantitative estimate of drug-likeness (QED) is 0.437. The summed E-state index contributed by atoms with van der Waals surface area (Å²) in [4.78, 5) is 19.7. The fraction of sp³-hybridized carbons (Fsp3) is 0.150. The van der Waals surface area contributed by atoms with E-state index >= 15 is 0 Å². The second-order valence-electron chi connectivity index (χ2n) is 6.77. The molecule has 1 aromatic carbocycles. The lowest BCUT2D eigenvalue weighted by molar-refractivity contribution is -0.137. The van der Waals surface area contributed by atoms with Crippen LogP contribution in [-0.4, -0.2) is 24.3 Å². The molecule has 0 fully saturated rings. The van der Waals surface area contributed by atoms with Crippen molar-refractivity contribution in [2.75, 3.05) is 0 Å². The summed E-state index contributed by atoms with van der Waals surface area (Å²) < 4.78 is 78.1. The SMILES string of the molecule is O=C(NCc1ncc(C(F)(F)F)cc1Cl)c1ccc(CNS(=O)(=O)c2ccc(F)c(Cl)c2)nc1. The molecule has 0 unspecified atom stereocenters. The molecule has 0 spiro atoms. The summed E-state index contributed by atoms with van der Waals surface area (Å²) in [7, 11) is -3.99. The van der Waals surface area contributed by atoms with E-state index in [1.54, 1.807) is 0 Å². The van der Waals surface area contributed by atoms with Crippen molar-refractivity contribution in [3.8, 4) is 0 Å². The van der Waals surface area contributed by atoms with E-state index in [-0.39, 0.29) is 45.0 Å². The standard InChI is InChI=1S/C20H14Cl2F4N4O3S/c21-15-6-14(3-4-17(15)23)34(32,33)30-9-13-2-1-11(7-27-13)19(31)29-10-18-16(22)5-12(8-28-18)20(24,25)26/h1-8,30H,9-10H2,(H,29,31). The van der Waals surface area contributed by atoms with Crippen molar-refractivity contribution < 1.29 is 30.8 Å². The highest BCUT2D eigenvalue weighted by molar-refractivity contribution is 7.89. The molecule has 0 saturated heterocycles. The van der Waals surface area contributed by atoms with Crippen molar-refractivity contribution in [3.05, 3.63) is 87.2 Å². The maximum atomic E-state index is 13.2. The number of carbonyl (C=O) groups excluding carboxylic acids is 1. The Labute approximate surface area is 201 Å². The Morgan fingerprint density at radius 2 is 1.71 bits per heavy atom. The van der Waals surface area contributed by atoms with E-state index in [1.807, 2.05) is 0 Å². The van der Waals surface area contributed by atoms with Gasteiger partial charge in [-0.15, -0.1) is 0 Å². The molecule has 3 rings (SSSR count). The number of sulfonamides is 1. The molecule has 0 aliphatic carbocycles. The van der Waals surface area contributed by atoms with Gasteiger partial charge >= 0.3 is 6.18 Å². The van der Waals surface area contributed by atoms with Gasteiger partial charge in [0, 0.05) is 12.4 Å². The maximum absolute atomic E-state index is 13.2. The Morgan fingerprint density at radius 3 is 2.29 bits per heavy atom. The Morgan fingerprint density at radius 1 is 0.971 bits per heavy atom. The Hall–Kier alpha value is -2.80. The number of hydrogen-bond donors (Lipinski definition) is 2. The number of pyridine rings is 2. The lowest BCUT2D eigenvalue weighted by atomic mass is 10.2.